The minimum Gasteiger partial charge on any atom is -0.357 e. The fourth-order valence-corrected chi connectivity index (χ4v) is 3.43. The fraction of sp³-hybridized carbons (Fsp3) is 0.500. The second-order valence-corrected chi connectivity index (χ2v) is 7.04. The zero-order chi connectivity index (χ0) is 17.6. The number of benzene rings is 1. The molecular formula is C18H26N6S. The van der Waals surface area contributed by atoms with Crippen LogP contribution in [-0.4, -0.2) is 45.5 Å². The molecule has 1 aliphatic heterocycles. The Bertz CT molecular complexity index is 722. The lowest BCUT2D eigenvalue weighted by atomic mass is 10.2. The van der Waals surface area contributed by atoms with E-state index in [-0.39, 0.29) is 0 Å². The van der Waals surface area contributed by atoms with Gasteiger partial charge in [-0.05, 0) is 37.3 Å². The summed E-state index contributed by atoms with van der Waals surface area (Å²) in [6, 6.07) is 8.68. The largest absolute Gasteiger partial charge is 0.357 e. The van der Waals surface area contributed by atoms with Gasteiger partial charge in [0.1, 0.15) is 12.4 Å². The maximum absolute atomic E-state index is 4.77. The van der Waals surface area contributed by atoms with Crippen molar-refractivity contribution in [2.75, 3.05) is 19.8 Å². The highest BCUT2D eigenvalue weighted by atomic mass is 32.2. The summed E-state index contributed by atoms with van der Waals surface area (Å²) in [7, 11) is 2.07. The van der Waals surface area contributed by atoms with E-state index in [0.717, 1.165) is 50.1 Å². The number of aromatic nitrogens is 3. The summed E-state index contributed by atoms with van der Waals surface area (Å²) in [5.74, 6) is 2.95. The van der Waals surface area contributed by atoms with Gasteiger partial charge in [-0.3, -0.25) is 0 Å². The van der Waals surface area contributed by atoms with Gasteiger partial charge in [-0.15, -0.1) is 22.0 Å². The average molecular weight is 359 g/mol. The quantitative estimate of drug-likeness (QED) is 0.489. The number of aliphatic imine (C=N–C) groups is 1. The van der Waals surface area contributed by atoms with Gasteiger partial charge in [0.15, 0.2) is 11.8 Å². The van der Waals surface area contributed by atoms with Crippen molar-refractivity contribution in [2.45, 2.75) is 44.3 Å². The molecule has 25 heavy (non-hydrogen) atoms. The molecule has 134 valence electrons. The van der Waals surface area contributed by atoms with E-state index in [1.54, 1.807) is 11.8 Å². The molecule has 0 radical (unpaired) electrons. The molecule has 0 fully saturated rings. The smallest absolute Gasteiger partial charge is 0.194 e. The second kappa shape index (κ2) is 8.38. The number of nitrogens with zero attached hydrogens (tertiary/aromatic N) is 5. The molecule has 2 heterocycles. The summed E-state index contributed by atoms with van der Waals surface area (Å²) in [4.78, 5) is 8.20. The molecule has 0 atom stereocenters. The van der Waals surface area contributed by atoms with Gasteiger partial charge >= 0.3 is 0 Å². The van der Waals surface area contributed by atoms with E-state index in [9.17, 15) is 0 Å². The number of rotatable bonds is 6. The predicted octanol–water partition coefficient (Wildman–Crippen LogP) is 2.54. The highest BCUT2D eigenvalue weighted by molar-refractivity contribution is 7.98. The summed E-state index contributed by atoms with van der Waals surface area (Å²) >= 11 is 1.76. The van der Waals surface area contributed by atoms with Crippen LogP contribution in [0.15, 0.2) is 34.2 Å². The van der Waals surface area contributed by atoms with Crippen molar-refractivity contribution in [3.05, 3.63) is 41.5 Å². The van der Waals surface area contributed by atoms with Gasteiger partial charge in [0, 0.05) is 38.0 Å². The SMILES string of the molecule is CCNC(=NCc1nnc2n1CCC2)N(C)Cc1ccc(SC)cc1. The van der Waals surface area contributed by atoms with Crippen molar-refractivity contribution in [2.24, 2.45) is 4.99 Å². The molecule has 1 N–H and O–H groups in total. The van der Waals surface area contributed by atoms with Gasteiger partial charge < -0.3 is 14.8 Å². The Morgan fingerprint density at radius 2 is 2.12 bits per heavy atom. The summed E-state index contributed by atoms with van der Waals surface area (Å²) < 4.78 is 2.20. The average Bonchev–Trinajstić information content (AvgIpc) is 3.23. The van der Waals surface area contributed by atoms with Crippen LogP contribution in [0, 0.1) is 0 Å². The molecular weight excluding hydrogens is 332 g/mol. The summed E-state index contributed by atoms with van der Waals surface area (Å²) in [5, 5.41) is 11.9. The maximum atomic E-state index is 4.77. The van der Waals surface area contributed by atoms with E-state index in [4.69, 9.17) is 4.99 Å². The molecule has 7 heteroatoms. The van der Waals surface area contributed by atoms with Crippen molar-refractivity contribution < 1.29 is 0 Å². The van der Waals surface area contributed by atoms with Crippen molar-refractivity contribution >= 4 is 17.7 Å². The first-order valence-corrected chi connectivity index (χ1v) is 9.97. The normalized spacial score (nSPS) is 13.8. The van der Waals surface area contributed by atoms with Crippen molar-refractivity contribution in [3.63, 3.8) is 0 Å². The zero-order valence-corrected chi connectivity index (χ0v) is 16.0. The molecule has 3 rings (SSSR count). The number of aryl methyl sites for hydroxylation is 1. The van der Waals surface area contributed by atoms with E-state index < -0.39 is 0 Å². The molecule has 0 saturated heterocycles. The van der Waals surface area contributed by atoms with Crippen LogP contribution >= 0.6 is 11.8 Å². The van der Waals surface area contributed by atoms with Crippen molar-refractivity contribution in [1.29, 1.82) is 0 Å². The van der Waals surface area contributed by atoms with Gasteiger partial charge in [0.2, 0.25) is 0 Å². The molecule has 0 amide bonds. The Kier molecular flexibility index (Phi) is 5.96. The number of fused-ring (bicyclic) bond motifs is 1. The second-order valence-electron chi connectivity index (χ2n) is 6.16. The fourth-order valence-electron chi connectivity index (χ4n) is 3.02. The van der Waals surface area contributed by atoms with Crippen LogP contribution in [0.5, 0.6) is 0 Å². The molecule has 1 aromatic heterocycles. The number of hydrogen-bond acceptors (Lipinski definition) is 4. The van der Waals surface area contributed by atoms with Crippen LogP contribution < -0.4 is 5.32 Å². The number of nitrogens with one attached hydrogen (secondary N) is 1. The molecule has 0 unspecified atom stereocenters. The number of guanidine groups is 1. The summed E-state index contributed by atoms with van der Waals surface area (Å²) in [5.41, 5.74) is 1.27. The third-order valence-electron chi connectivity index (χ3n) is 4.33. The highest BCUT2D eigenvalue weighted by Gasteiger charge is 2.17. The van der Waals surface area contributed by atoms with E-state index in [2.05, 4.69) is 69.5 Å². The third-order valence-corrected chi connectivity index (χ3v) is 5.08. The molecule has 1 aromatic carbocycles. The van der Waals surface area contributed by atoms with Crippen molar-refractivity contribution in [3.8, 4) is 0 Å². The zero-order valence-electron chi connectivity index (χ0n) is 15.2. The molecule has 0 spiro atoms. The first-order valence-electron chi connectivity index (χ1n) is 8.74. The summed E-state index contributed by atoms with van der Waals surface area (Å²) in [6.45, 7) is 5.32. The van der Waals surface area contributed by atoms with E-state index in [0.29, 0.717) is 6.54 Å². The monoisotopic (exact) mass is 358 g/mol. The van der Waals surface area contributed by atoms with Crippen LogP contribution in [0.2, 0.25) is 0 Å². The van der Waals surface area contributed by atoms with Crippen LogP contribution in [0.3, 0.4) is 0 Å². The molecule has 0 bridgehead atoms. The molecule has 0 aliphatic carbocycles. The van der Waals surface area contributed by atoms with E-state index in [1.165, 1.54) is 10.5 Å². The minimum atomic E-state index is 0.561. The lowest BCUT2D eigenvalue weighted by Gasteiger charge is -2.22. The first-order chi connectivity index (χ1) is 12.2. The summed E-state index contributed by atoms with van der Waals surface area (Å²) in [6.07, 6.45) is 4.29. The molecule has 6 nitrogen and oxygen atoms in total. The van der Waals surface area contributed by atoms with Crippen molar-refractivity contribution in [1.82, 2.24) is 25.0 Å². The van der Waals surface area contributed by atoms with Crippen LogP contribution in [0.4, 0.5) is 0 Å². The Labute approximate surface area is 153 Å². The molecule has 2 aromatic rings. The van der Waals surface area contributed by atoms with Gasteiger partial charge in [-0.2, -0.15) is 0 Å². The molecule has 0 saturated carbocycles. The van der Waals surface area contributed by atoms with E-state index >= 15 is 0 Å². The first kappa shape index (κ1) is 17.8. The topological polar surface area (TPSA) is 58.3 Å². The van der Waals surface area contributed by atoms with Gasteiger partial charge in [-0.25, -0.2) is 4.99 Å². The predicted molar refractivity (Wildman–Crippen MR) is 103 cm³/mol. The maximum Gasteiger partial charge on any atom is 0.194 e. The lowest BCUT2D eigenvalue weighted by Crippen LogP contribution is -2.38. The van der Waals surface area contributed by atoms with Crippen LogP contribution in [-0.2, 0) is 26.1 Å². The highest BCUT2D eigenvalue weighted by Crippen LogP contribution is 2.16. The molecule has 1 aliphatic rings. The minimum absolute atomic E-state index is 0.561. The van der Waals surface area contributed by atoms with Crippen LogP contribution in [0.25, 0.3) is 0 Å². The third kappa shape index (κ3) is 4.34. The lowest BCUT2D eigenvalue weighted by molar-refractivity contribution is 0.475. The standard InChI is InChI=1S/C18H26N6S/c1-4-19-18(20-12-17-22-21-16-6-5-11-24(16)17)23(2)13-14-7-9-15(25-3)10-8-14/h7-10H,4-6,11-13H2,1-3H3,(H,19,20). The Morgan fingerprint density at radius 1 is 1.32 bits per heavy atom. The Balaban J connectivity index is 1.67. The number of hydrogen-bond donors (Lipinski definition) is 1. The van der Waals surface area contributed by atoms with E-state index in [1.807, 2.05) is 0 Å². The van der Waals surface area contributed by atoms with Gasteiger partial charge in [0.05, 0.1) is 0 Å². The number of thioether (sulfide) groups is 1. The van der Waals surface area contributed by atoms with Gasteiger partial charge in [-0.1, -0.05) is 12.1 Å². The van der Waals surface area contributed by atoms with Crippen LogP contribution in [0.1, 0.15) is 30.6 Å². The van der Waals surface area contributed by atoms with Gasteiger partial charge in [0.25, 0.3) is 0 Å². The Morgan fingerprint density at radius 3 is 2.84 bits per heavy atom. The Hall–Kier alpha value is -2.02.